The van der Waals surface area contributed by atoms with Crippen molar-refractivity contribution in [3.05, 3.63) is 30.1 Å². The second kappa shape index (κ2) is 4.38. The number of aromatic nitrogens is 2. The van der Waals surface area contributed by atoms with Crippen molar-refractivity contribution in [2.45, 2.75) is 13.0 Å². The Labute approximate surface area is 110 Å². The van der Waals surface area contributed by atoms with E-state index in [2.05, 4.69) is 10.3 Å². The molecule has 1 unspecified atom stereocenters. The van der Waals surface area contributed by atoms with Gasteiger partial charge in [-0.15, -0.1) is 0 Å². The molecule has 1 amide bonds. The highest BCUT2D eigenvalue weighted by molar-refractivity contribution is 5.89. The molecule has 0 aliphatic carbocycles. The van der Waals surface area contributed by atoms with E-state index in [0.29, 0.717) is 30.2 Å². The summed E-state index contributed by atoms with van der Waals surface area (Å²) in [6.07, 6.45) is 2.58. The zero-order valence-corrected chi connectivity index (χ0v) is 10.5. The maximum absolute atomic E-state index is 11.7. The molecule has 98 valence electrons. The molecule has 0 spiro atoms. The van der Waals surface area contributed by atoms with E-state index in [-0.39, 0.29) is 11.9 Å². The quantitative estimate of drug-likeness (QED) is 0.795. The molecular weight excluding hydrogens is 244 g/mol. The monoisotopic (exact) mass is 258 g/mol. The Balaban J connectivity index is 2.13. The zero-order chi connectivity index (χ0) is 13.4. The van der Waals surface area contributed by atoms with Crippen LogP contribution in [0.1, 0.15) is 17.4 Å². The van der Waals surface area contributed by atoms with Gasteiger partial charge in [-0.05, 0) is 19.1 Å². The SMILES string of the molecule is CC1C(=O)NCCN1c1nc2ccccn2c1C=O. The topological polar surface area (TPSA) is 66.7 Å². The zero-order valence-electron chi connectivity index (χ0n) is 10.5. The van der Waals surface area contributed by atoms with Crippen LogP contribution in [0.25, 0.3) is 5.65 Å². The van der Waals surface area contributed by atoms with E-state index in [9.17, 15) is 9.59 Å². The molecule has 1 N–H and O–H groups in total. The summed E-state index contributed by atoms with van der Waals surface area (Å²) in [6, 6.07) is 5.23. The summed E-state index contributed by atoms with van der Waals surface area (Å²) in [5.41, 5.74) is 1.19. The average Bonchev–Trinajstić information content (AvgIpc) is 2.80. The van der Waals surface area contributed by atoms with Gasteiger partial charge in [-0.1, -0.05) is 6.07 Å². The van der Waals surface area contributed by atoms with Crippen LogP contribution in [0.4, 0.5) is 5.82 Å². The van der Waals surface area contributed by atoms with Gasteiger partial charge >= 0.3 is 0 Å². The van der Waals surface area contributed by atoms with E-state index < -0.39 is 0 Å². The third-order valence-electron chi connectivity index (χ3n) is 3.43. The summed E-state index contributed by atoms with van der Waals surface area (Å²) < 4.78 is 1.74. The van der Waals surface area contributed by atoms with Crippen LogP contribution in [-0.2, 0) is 4.79 Å². The Morgan fingerprint density at radius 3 is 3.11 bits per heavy atom. The molecule has 6 heteroatoms. The van der Waals surface area contributed by atoms with Crippen LogP contribution < -0.4 is 10.2 Å². The largest absolute Gasteiger partial charge is 0.353 e. The predicted octanol–water partition coefficient (Wildman–Crippen LogP) is 0.471. The number of hydrogen-bond donors (Lipinski definition) is 1. The molecule has 3 rings (SSSR count). The lowest BCUT2D eigenvalue weighted by molar-refractivity contribution is -0.122. The number of nitrogens with zero attached hydrogens (tertiary/aromatic N) is 3. The number of hydrogen-bond acceptors (Lipinski definition) is 4. The maximum atomic E-state index is 11.7. The Morgan fingerprint density at radius 1 is 1.47 bits per heavy atom. The minimum Gasteiger partial charge on any atom is -0.353 e. The Hall–Kier alpha value is -2.37. The number of carbonyl (C=O) groups is 2. The first kappa shape index (κ1) is 11.7. The fraction of sp³-hybridized carbons (Fsp3) is 0.308. The van der Waals surface area contributed by atoms with Gasteiger partial charge < -0.3 is 10.2 Å². The van der Waals surface area contributed by atoms with Crippen molar-refractivity contribution in [2.24, 2.45) is 0 Å². The summed E-state index contributed by atoms with van der Waals surface area (Å²) in [5.74, 6) is 0.531. The van der Waals surface area contributed by atoms with E-state index >= 15 is 0 Å². The summed E-state index contributed by atoms with van der Waals surface area (Å²) >= 11 is 0. The molecule has 19 heavy (non-hydrogen) atoms. The molecular formula is C13H14N4O2. The smallest absolute Gasteiger partial charge is 0.242 e. The van der Waals surface area contributed by atoms with Gasteiger partial charge in [0.1, 0.15) is 17.4 Å². The van der Waals surface area contributed by atoms with Gasteiger partial charge in [-0.3, -0.25) is 14.0 Å². The Kier molecular flexibility index (Phi) is 2.70. The van der Waals surface area contributed by atoms with Crippen molar-refractivity contribution in [3.8, 4) is 0 Å². The number of nitrogens with one attached hydrogen (secondary N) is 1. The lowest BCUT2D eigenvalue weighted by atomic mass is 10.2. The highest BCUT2D eigenvalue weighted by atomic mass is 16.2. The van der Waals surface area contributed by atoms with E-state index in [1.165, 1.54) is 0 Å². The van der Waals surface area contributed by atoms with Crippen LogP contribution >= 0.6 is 0 Å². The molecule has 0 radical (unpaired) electrons. The van der Waals surface area contributed by atoms with Crippen LogP contribution in [0.5, 0.6) is 0 Å². The van der Waals surface area contributed by atoms with E-state index in [0.717, 1.165) is 6.29 Å². The lowest BCUT2D eigenvalue weighted by Gasteiger charge is -2.33. The molecule has 0 aromatic carbocycles. The number of amides is 1. The second-order valence-electron chi connectivity index (χ2n) is 4.53. The van der Waals surface area contributed by atoms with Gasteiger partial charge in [-0.25, -0.2) is 4.98 Å². The molecule has 1 fully saturated rings. The molecule has 0 saturated carbocycles. The van der Waals surface area contributed by atoms with E-state index in [1.807, 2.05) is 30.0 Å². The number of imidazole rings is 1. The fourth-order valence-electron chi connectivity index (χ4n) is 2.40. The molecule has 3 heterocycles. The number of piperazine rings is 1. The van der Waals surface area contributed by atoms with Crippen LogP contribution in [0.15, 0.2) is 24.4 Å². The summed E-state index contributed by atoms with van der Waals surface area (Å²) in [6.45, 7) is 3.03. The minimum atomic E-state index is -0.322. The summed E-state index contributed by atoms with van der Waals surface area (Å²) in [5, 5.41) is 2.80. The third-order valence-corrected chi connectivity index (χ3v) is 3.43. The van der Waals surface area contributed by atoms with Crippen molar-refractivity contribution in [3.63, 3.8) is 0 Å². The van der Waals surface area contributed by atoms with Crippen LogP contribution in [-0.4, -0.2) is 40.7 Å². The highest BCUT2D eigenvalue weighted by Crippen LogP contribution is 2.23. The number of carbonyl (C=O) groups excluding carboxylic acids is 2. The molecule has 1 aliphatic rings. The molecule has 0 bridgehead atoms. The van der Waals surface area contributed by atoms with Gasteiger partial charge in [0.15, 0.2) is 12.1 Å². The van der Waals surface area contributed by atoms with Gasteiger partial charge in [0.25, 0.3) is 0 Å². The van der Waals surface area contributed by atoms with Crippen molar-refractivity contribution in [1.29, 1.82) is 0 Å². The molecule has 2 aromatic heterocycles. The van der Waals surface area contributed by atoms with Crippen molar-refractivity contribution in [1.82, 2.24) is 14.7 Å². The number of pyridine rings is 1. The van der Waals surface area contributed by atoms with Gasteiger partial charge in [0, 0.05) is 19.3 Å². The van der Waals surface area contributed by atoms with Gasteiger partial charge in [0.05, 0.1) is 0 Å². The number of anilines is 1. The first-order chi connectivity index (χ1) is 9.22. The van der Waals surface area contributed by atoms with Crippen molar-refractivity contribution in [2.75, 3.05) is 18.0 Å². The normalized spacial score (nSPS) is 19.5. The maximum Gasteiger partial charge on any atom is 0.242 e. The molecule has 1 aliphatic heterocycles. The Bertz CT molecular complexity index is 649. The van der Waals surface area contributed by atoms with Crippen LogP contribution in [0.2, 0.25) is 0 Å². The lowest BCUT2D eigenvalue weighted by Crippen LogP contribution is -2.54. The second-order valence-corrected chi connectivity index (χ2v) is 4.53. The summed E-state index contributed by atoms with van der Waals surface area (Å²) in [7, 11) is 0. The van der Waals surface area contributed by atoms with Gasteiger partial charge in [-0.2, -0.15) is 0 Å². The van der Waals surface area contributed by atoms with E-state index in [4.69, 9.17) is 0 Å². The number of fused-ring (bicyclic) bond motifs is 1. The van der Waals surface area contributed by atoms with Crippen LogP contribution in [0, 0.1) is 0 Å². The summed E-state index contributed by atoms with van der Waals surface area (Å²) in [4.78, 5) is 29.4. The molecule has 6 nitrogen and oxygen atoms in total. The standard InChI is InChI=1S/C13H14N4O2/c1-9-13(19)14-5-7-16(9)12-10(8-18)17-6-3-2-4-11(17)15-12/h2-4,6,8-9H,5,7H2,1H3,(H,14,19). The average molecular weight is 258 g/mol. The highest BCUT2D eigenvalue weighted by Gasteiger charge is 2.29. The number of aldehydes is 1. The predicted molar refractivity (Wildman–Crippen MR) is 70.4 cm³/mol. The van der Waals surface area contributed by atoms with Crippen molar-refractivity contribution >= 4 is 23.7 Å². The fourth-order valence-corrected chi connectivity index (χ4v) is 2.40. The van der Waals surface area contributed by atoms with Crippen molar-refractivity contribution < 1.29 is 9.59 Å². The first-order valence-corrected chi connectivity index (χ1v) is 6.19. The third kappa shape index (κ3) is 1.76. The first-order valence-electron chi connectivity index (χ1n) is 6.19. The van der Waals surface area contributed by atoms with Crippen LogP contribution in [0.3, 0.4) is 0 Å². The molecule has 1 saturated heterocycles. The Morgan fingerprint density at radius 2 is 2.32 bits per heavy atom. The van der Waals surface area contributed by atoms with E-state index in [1.54, 1.807) is 10.6 Å². The molecule has 1 atom stereocenters. The molecule has 2 aromatic rings. The van der Waals surface area contributed by atoms with Gasteiger partial charge in [0.2, 0.25) is 5.91 Å². The number of rotatable bonds is 2. The minimum absolute atomic E-state index is 0.0415.